The molecule has 0 unspecified atom stereocenters. The molecular weight excluding hydrogens is 251 g/mol. The third kappa shape index (κ3) is 1.91. The van der Waals surface area contributed by atoms with Crippen LogP contribution in [0.15, 0.2) is 0 Å². The van der Waals surface area contributed by atoms with Crippen molar-refractivity contribution in [2.24, 2.45) is 23.2 Å². The van der Waals surface area contributed by atoms with Crippen molar-refractivity contribution >= 4 is 7.12 Å². The van der Waals surface area contributed by atoms with E-state index in [1.54, 1.807) is 0 Å². The zero-order chi connectivity index (χ0) is 14.7. The van der Waals surface area contributed by atoms with Gasteiger partial charge in [-0.2, -0.15) is 0 Å². The number of hydrogen-bond donors (Lipinski definition) is 0. The highest BCUT2D eigenvalue weighted by Gasteiger charge is 2.68. The molecule has 0 aromatic heterocycles. The Hall–Kier alpha value is -0.0551. The molecule has 4 fully saturated rings. The number of hydrogen-bond acceptors (Lipinski definition) is 3. The molecule has 2 bridgehead atoms. The molecule has 1 heterocycles. The summed E-state index contributed by atoms with van der Waals surface area (Å²) in [5.74, 6) is 1.84. The first-order valence-electron chi connectivity index (χ1n) is 8.25. The average molecular weight is 280 g/mol. The van der Waals surface area contributed by atoms with E-state index in [4.69, 9.17) is 14.0 Å². The second-order valence-electron chi connectivity index (χ2n) is 8.00. The summed E-state index contributed by atoms with van der Waals surface area (Å²) < 4.78 is 18.6. The van der Waals surface area contributed by atoms with Gasteiger partial charge in [-0.05, 0) is 49.9 Å². The van der Waals surface area contributed by atoms with Crippen molar-refractivity contribution in [3.05, 3.63) is 0 Å². The van der Waals surface area contributed by atoms with Gasteiger partial charge in [0.15, 0.2) is 0 Å². The molecule has 0 radical (unpaired) electrons. The maximum absolute atomic E-state index is 6.47. The fraction of sp³-hybridized carbons (Fsp3) is 1.00. The molecule has 3 aliphatic carbocycles. The SMILES string of the molecule is CCO[C@@H](B1O[C@@H]2C[C@@H]3C[C@@H](C3(C)C)[C@]2(C)O1)C(C)C. The number of rotatable bonds is 4. The molecule has 4 rings (SSSR count). The standard InChI is InChI=1S/C16H29BO3/c1-7-18-14(10(2)3)17-19-13-9-11-8-12(15(11,4)5)16(13,6)20-17/h10-14H,7-9H2,1-6H3/t11-,12-,13+,14+,16-/m0/s1. The zero-order valence-electron chi connectivity index (χ0n) is 13.8. The molecule has 1 saturated heterocycles. The van der Waals surface area contributed by atoms with Crippen LogP contribution in [0.2, 0.25) is 0 Å². The Labute approximate surface area is 123 Å². The summed E-state index contributed by atoms with van der Waals surface area (Å²) in [6.45, 7) is 14.2. The van der Waals surface area contributed by atoms with Gasteiger partial charge in [0.25, 0.3) is 0 Å². The second kappa shape index (κ2) is 4.72. The lowest BCUT2D eigenvalue weighted by Gasteiger charge is -2.64. The van der Waals surface area contributed by atoms with Crippen molar-refractivity contribution in [1.29, 1.82) is 0 Å². The highest BCUT2D eigenvalue weighted by atomic mass is 16.7. The van der Waals surface area contributed by atoms with Gasteiger partial charge in [0.05, 0.1) is 17.7 Å². The fourth-order valence-corrected chi connectivity index (χ4v) is 4.82. The Bertz CT molecular complexity index is 384. The van der Waals surface area contributed by atoms with Crippen LogP contribution >= 0.6 is 0 Å². The van der Waals surface area contributed by atoms with Crippen LogP contribution in [0, 0.1) is 23.2 Å². The van der Waals surface area contributed by atoms with E-state index in [-0.39, 0.29) is 24.8 Å². The lowest BCUT2D eigenvalue weighted by molar-refractivity contribution is -0.199. The van der Waals surface area contributed by atoms with E-state index in [1.807, 2.05) is 6.92 Å². The van der Waals surface area contributed by atoms with Crippen LogP contribution in [-0.4, -0.2) is 31.4 Å². The minimum Gasteiger partial charge on any atom is -0.404 e. The summed E-state index contributed by atoms with van der Waals surface area (Å²) in [6, 6.07) is 0.0442. The largest absolute Gasteiger partial charge is 0.489 e. The van der Waals surface area contributed by atoms with Crippen LogP contribution in [0.3, 0.4) is 0 Å². The second-order valence-corrected chi connectivity index (χ2v) is 8.00. The van der Waals surface area contributed by atoms with Crippen LogP contribution in [0.1, 0.15) is 54.4 Å². The van der Waals surface area contributed by atoms with Gasteiger partial charge >= 0.3 is 7.12 Å². The smallest absolute Gasteiger partial charge is 0.404 e. The summed E-state index contributed by atoms with van der Waals surface area (Å²) in [6.07, 6.45) is 2.70. The Morgan fingerprint density at radius 2 is 1.95 bits per heavy atom. The average Bonchev–Trinajstić information content (AvgIpc) is 2.71. The van der Waals surface area contributed by atoms with E-state index in [2.05, 4.69) is 34.6 Å². The lowest BCUT2D eigenvalue weighted by Crippen LogP contribution is -2.65. The van der Waals surface area contributed by atoms with Gasteiger partial charge < -0.3 is 14.0 Å². The Morgan fingerprint density at radius 3 is 2.50 bits per heavy atom. The maximum Gasteiger partial charge on any atom is 0.489 e. The normalized spacial score (nSPS) is 43.4. The van der Waals surface area contributed by atoms with Crippen molar-refractivity contribution in [2.75, 3.05) is 6.61 Å². The summed E-state index contributed by atoms with van der Waals surface area (Å²) >= 11 is 0. The molecule has 5 atom stereocenters. The van der Waals surface area contributed by atoms with Crippen molar-refractivity contribution in [3.8, 4) is 0 Å². The molecule has 0 amide bonds. The van der Waals surface area contributed by atoms with Gasteiger partial charge in [0.2, 0.25) is 0 Å². The third-order valence-electron chi connectivity index (χ3n) is 6.25. The minimum atomic E-state index is -0.194. The highest BCUT2D eigenvalue weighted by Crippen LogP contribution is 2.65. The van der Waals surface area contributed by atoms with Crippen molar-refractivity contribution in [1.82, 2.24) is 0 Å². The third-order valence-corrected chi connectivity index (χ3v) is 6.25. The molecule has 114 valence electrons. The summed E-state index contributed by atoms with van der Waals surface area (Å²) in [4.78, 5) is 0. The molecule has 0 aromatic carbocycles. The molecule has 0 aromatic rings. The van der Waals surface area contributed by atoms with Gasteiger partial charge in [0, 0.05) is 6.61 Å². The van der Waals surface area contributed by atoms with Crippen molar-refractivity contribution in [3.63, 3.8) is 0 Å². The number of ether oxygens (including phenoxy) is 1. The van der Waals surface area contributed by atoms with Crippen LogP contribution < -0.4 is 0 Å². The lowest BCUT2D eigenvalue weighted by atomic mass is 9.43. The van der Waals surface area contributed by atoms with Gasteiger partial charge in [-0.15, -0.1) is 0 Å². The van der Waals surface area contributed by atoms with Gasteiger partial charge in [0.1, 0.15) is 0 Å². The first-order valence-corrected chi connectivity index (χ1v) is 8.25. The first-order chi connectivity index (χ1) is 9.30. The predicted octanol–water partition coefficient (Wildman–Crippen LogP) is 3.32. The predicted molar refractivity (Wildman–Crippen MR) is 80.4 cm³/mol. The van der Waals surface area contributed by atoms with E-state index >= 15 is 0 Å². The summed E-state index contributed by atoms with van der Waals surface area (Å²) in [5, 5.41) is 0. The molecular formula is C16H29BO3. The monoisotopic (exact) mass is 280 g/mol. The van der Waals surface area contributed by atoms with Gasteiger partial charge in [-0.25, -0.2) is 0 Å². The van der Waals surface area contributed by atoms with E-state index in [1.165, 1.54) is 6.42 Å². The zero-order valence-corrected chi connectivity index (χ0v) is 13.8. The summed E-state index contributed by atoms with van der Waals surface area (Å²) in [5.41, 5.74) is 0.287. The summed E-state index contributed by atoms with van der Waals surface area (Å²) in [7, 11) is -0.194. The highest BCUT2D eigenvalue weighted by molar-refractivity contribution is 6.47. The van der Waals surface area contributed by atoms with Crippen LogP contribution in [-0.2, 0) is 14.0 Å². The molecule has 0 spiro atoms. The van der Waals surface area contributed by atoms with E-state index in [9.17, 15) is 0 Å². The maximum atomic E-state index is 6.47. The molecule has 4 aliphatic rings. The Kier molecular flexibility index (Phi) is 3.51. The molecule has 1 aliphatic heterocycles. The van der Waals surface area contributed by atoms with Crippen molar-refractivity contribution in [2.45, 2.75) is 72.1 Å². The molecule has 20 heavy (non-hydrogen) atoms. The molecule has 0 N–H and O–H groups in total. The van der Waals surface area contributed by atoms with Crippen LogP contribution in [0.25, 0.3) is 0 Å². The van der Waals surface area contributed by atoms with Gasteiger partial charge in [-0.1, -0.05) is 27.7 Å². The van der Waals surface area contributed by atoms with Crippen LogP contribution in [0.4, 0.5) is 0 Å². The quantitative estimate of drug-likeness (QED) is 0.739. The topological polar surface area (TPSA) is 27.7 Å². The fourth-order valence-electron chi connectivity index (χ4n) is 4.82. The molecule has 3 nitrogen and oxygen atoms in total. The molecule has 4 heteroatoms. The minimum absolute atomic E-state index is 0.0442. The van der Waals surface area contributed by atoms with Crippen molar-refractivity contribution < 1.29 is 14.0 Å². The van der Waals surface area contributed by atoms with E-state index in [0.29, 0.717) is 23.9 Å². The van der Waals surface area contributed by atoms with E-state index < -0.39 is 0 Å². The Balaban J connectivity index is 1.78. The Morgan fingerprint density at radius 1 is 1.25 bits per heavy atom. The van der Waals surface area contributed by atoms with Gasteiger partial charge in [-0.3, -0.25) is 0 Å². The first kappa shape index (κ1) is 14.9. The molecule has 3 saturated carbocycles. The van der Waals surface area contributed by atoms with E-state index in [0.717, 1.165) is 12.3 Å². The van der Waals surface area contributed by atoms with Crippen LogP contribution in [0.5, 0.6) is 0 Å².